The van der Waals surface area contributed by atoms with Crippen LogP contribution in [0.25, 0.3) is 0 Å². The predicted molar refractivity (Wildman–Crippen MR) is 109 cm³/mol. The van der Waals surface area contributed by atoms with Crippen LogP contribution in [-0.2, 0) is 11.4 Å². The molecule has 0 saturated heterocycles. The Morgan fingerprint density at radius 2 is 1.70 bits per heavy atom. The topological polar surface area (TPSA) is 27.6 Å². The molecule has 1 unspecified atom stereocenters. The van der Waals surface area contributed by atoms with E-state index in [1.807, 2.05) is 36.4 Å². The molecule has 2 aliphatic heterocycles. The highest BCUT2D eigenvalue weighted by atomic mass is 32.2. The molecule has 5 rings (SSSR count). The summed E-state index contributed by atoms with van der Waals surface area (Å²) >= 11 is 1.74. The van der Waals surface area contributed by atoms with Gasteiger partial charge in [-0.2, -0.15) is 5.10 Å². The van der Waals surface area contributed by atoms with Crippen molar-refractivity contribution in [3.05, 3.63) is 101 Å². The molecule has 0 amide bonds. The van der Waals surface area contributed by atoms with Crippen LogP contribution in [0.4, 0.5) is 10.1 Å². The Hall–Kier alpha value is -2.79. The van der Waals surface area contributed by atoms with Gasteiger partial charge in [-0.25, -0.2) is 4.39 Å². The molecule has 1 spiro atoms. The van der Waals surface area contributed by atoms with Gasteiger partial charge in [-0.3, -0.25) is 5.43 Å². The molecule has 3 nitrogen and oxygen atoms in total. The molecule has 3 aromatic rings. The van der Waals surface area contributed by atoms with E-state index in [4.69, 9.17) is 0 Å². The zero-order valence-corrected chi connectivity index (χ0v) is 15.4. The summed E-state index contributed by atoms with van der Waals surface area (Å²) in [5.74, 6) is -0.163. The number of anilines is 1. The van der Waals surface area contributed by atoms with Crippen molar-refractivity contribution in [2.45, 2.75) is 11.4 Å². The van der Waals surface area contributed by atoms with E-state index in [0.29, 0.717) is 12.1 Å². The molecule has 5 heteroatoms. The molecule has 0 aromatic heterocycles. The van der Waals surface area contributed by atoms with Crippen LogP contribution in [-0.4, -0.2) is 11.6 Å². The van der Waals surface area contributed by atoms with Gasteiger partial charge < -0.3 is 4.90 Å². The van der Waals surface area contributed by atoms with E-state index in [2.05, 4.69) is 45.8 Å². The third kappa shape index (κ3) is 2.79. The second kappa shape index (κ2) is 6.43. The quantitative estimate of drug-likeness (QED) is 0.719. The summed E-state index contributed by atoms with van der Waals surface area (Å²) in [5, 5.41) is 5.61. The lowest BCUT2D eigenvalue weighted by molar-refractivity contribution is 0.530. The van der Waals surface area contributed by atoms with Crippen molar-refractivity contribution in [1.29, 1.82) is 0 Å². The second-order valence-corrected chi connectivity index (χ2v) is 8.08. The molecule has 0 fully saturated rings. The molecule has 2 aliphatic rings. The van der Waals surface area contributed by atoms with Gasteiger partial charge in [-0.1, -0.05) is 78.5 Å². The van der Waals surface area contributed by atoms with Gasteiger partial charge in [-0.05, 0) is 12.1 Å². The smallest absolute Gasteiger partial charge is 0.150 e. The van der Waals surface area contributed by atoms with E-state index >= 15 is 0 Å². The number of hydrazone groups is 1. The lowest BCUT2D eigenvalue weighted by Gasteiger charge is -2.25. The van der Waals surface area contributed by atoms with Gasteiger partial charge in [-0.15, -0.1) is 0 Å². The average Bonchev–Trinajstić information content (AvgIpc) is 3.27. The fourth-order valence-electron chi connectivity index (χ4n) is 3.74. The summed E-state index contributed by atoms with van der Waals surface area (Å²) in [4.78, 5) is 1.89. The number of rotatable bonds is 3. The third-order valence-electron chi connectivity index (χ3n) is 5.04. The zero-order chi connectivity index (χ0) is 18.3. The molecule has 0 radical (unpaired) electrons. The summed E-state index contributed by atoms with van der Waals surface area (Å²) in [6, 6.07) is 25.5. The number of hydrogen-bond acceptors (Lipinski definition) is 4. The highest BCUT2D eigenvalue weighted by Gasteiger charge is 2.47. The number of nitrogens with one attached hydrogen (secondary N) is 1. The number of benzene rings is 3. The van der Waals surface area contributed by atoms with Gasteiger partial charge in [0.05, 0.1) is 6.54 Å². The van der Waals surface area contributed by atoms with Crippen molar-refractivity contribution in [1.82, 2.24) is 5.43 Å². The largest absolute Gasteiger partial charge is 0.363 e. The van der Waals surface area contributed by atoms with E-state index in [0.717, 1.165) is 22.8 Å². The molecule has 1 atom stereocenters. The lowest BCUT2D eigenvalue weighted by Crippen LogP contribution is -2.38. The van der Waals surface area contributed by atoms with Gasteiger partial charge in [0.15, 0.2) is 4.87 Å². The van der Waals surface area contributed by atoms with Crippen LogP contribution in [0, 0.1) is 5.82 Å². The van der Waals surface area contributed by atoms with Crippen LogP contribution in [0.3, 0.4) is 0 Å². The Balaban J connectivity index is 1.47. The maximum absolute atomic E-state index is 14.2. The summed E-state index contributed by atoms with van der Waals surface area (Å²) < 4.78 is 14.2. The van der Waals surface area contributed by atoms with Crippen molar-refractivity contribution in [3.8, 4) is 0 Å². The predicted octanol–water partition coefficient (Wildman–Crippen LogP) is 4.70. The third-order valence-corrected chi connectivity index (χ3v) is 6.35. The molecular formula is C22H18FN3S. The molecule has 0 saturated carbocycles. The minimum atomic E-state index is -0.340. The molecule has 1 N–H and O–H groups in total. The molecule has 134 valence electrons. The minimum absolute atomic E-state index is 0.163. The highest BCUT2D eigenvalue weighted by molar-refractivity contribution is 8.15. The van der Waals surface area contributed by atoms with Crippen LogP contribution in [0.15, 0.2) is 84.0 Å². The Bertz CT molecular complexity index is 1020. The van der Waals surface area contributed by atoms with E-state index in [9.17, 15) is 4.39 Å². The number of thioether (sulfide) groups is 1. The van der Waals surface area contributed by atoms with Crippen molar-refractivity contribution < 1.29 is 4.39 Å². The summed E-state index contributed by atoms with van der Waals surface area (Å²) in [6.07, 6.45) is 0. The standard InChI is InChI=1S/C22H18FN3S/c23-19-12-6-4-10-17(19)14-26-15-22(18-11-5-7-13-20(18)26)25-24-21(27-22)16-8-2-1-3-9-16/h1-13,25H,14-15H2. The maximum Gasteiger partial charge on any atom is 0.150 e. The number of para-hydroxylation sites is 1. The summed E-state index contributed by atoms with van der Waals surface area (Å²) in [5.41, 5.74) is 7.52. The molecule has 2 heterocycles. The van der Waals surface area contributed by atoms with Crippen LogP contribution >= 0.6 is 11.8 Å². The Kier molecular flexibility index (Phi) is 3.90. The molecule has 27 heavy (non-hydrogen) atoms. The lowest BCUT2D eigenvalue weighted by atomic mass is 10.1. The van der Waals surface area contributed by atoms with Gasteiger partial charge in [0, 0.05) is 28.9 Å². The fraction of sp³-hybridized carbons (Fsp3) is 0.136. The second-order valence-electron chi connectivity index (χ2n) is 6.79. The van der Waals surface area contributed by atoms with Crippen LogP contribution in [0.5, 0.6) is 0 Å². The number of halogens is 1. The summed E-state index contributed by atoms with van der Waals surface area (Å²) in [7, 11) is 0. The van der Waals surface area contributed by atoms with E-state index in [-0.39, 0.29) is 10.7 Å². The molecule has 3 aromatic carbocycles. The van der Waals surface area contributed by atoms with Crippen LogP contribution in [0.1, 0.15) is 16.7 Å². The van der Waals surface area contributed by atoms with E-state index < -0.39 is 0 Å². The number of fused-ring (bicyclic) bond motifs is 2. The van der Waals surface area contributed by atoms with E-state index in [1.165, 1.54) is 11.6 Å². The van der Waals surface area contributed by atoms with Gasteiger partial charge >= 0.3 is 0 Å². The van der Waals surface area contributed by atoms with Gasteiger partial charge in [0.2, 0.25) is 0 Å². The first kappa shape index (κ1) is 16.4. The van der Waals surface area contributed by atoms with Crippen molar-refractivity contribution in [2.75, 3.05) is 11.4 Å². The molecular weight excluding hydrogens is 357 g/mol. The average molecular weight is 375 g/mol. The highest BCUT2D eigenvalue weighted by Crippen LogP contribution is 2.50. The Labute approximate surface area is 161 Å². The molecule has 0 aliphatic carbocycles. The zero-order valence-electron chi connectivity index (χ0n) is 14.6. The minimum Gasteiger partial charge on any atom is -0.363 e. The van der Waals surface area contributed by atoms with Crippen molar-refractivity contribution >= 4 is 22.5 Å². The first-order chi connectivity index (χ1) is 13.3. The van der Waals surface area contributed by atoms with Gasteiger partial charge in [0.25, 0.3) is 0 Å². The maximum atomic E-state index is 14.2. The fourth-order valence-corrected chi connectivity index (χ4v) is 5.01. The van der Waals surface area contributed by atoms with Crippen LogP contribution in [0.2, 0.25) is 0 Å². The monoisotopic (exact) mass is 375 g/mol. The Morgan fingerprint density at radius 1 is 0.963 bits per heavy atom. The first-order valence-electron chi connectivity index (χ1n) is 8.92. The number of hydrogen-bond donors (Lipinski definition) is 1. The summed E-state index contributed by atoms with van der Waals surface area (Å²) in [6.45, 7) is 1.26. The molecule has 0 bridgehead atoms. The SMILES string of the molecule is Fc1ccccc1CN1CC2(NN=C(c3ccccc3)S2)c2ccccc21. The Morgan fingerprint density at radius 3 is 2.56 bits per heavy atom. The van der Waals surface area contributed by atoms with Crippen molar-refractivity contribution in [2.24, 2.45) is 5.10 Å². The normalized spacial score (nSPS) is 20.5. The first-order valence-corrected chi connectivity index (χ1v) is 9.74. The van der Waals surface area contributed by atoms with Gasteiger partial charge in [0.1, 0.15) is 10.9 Å². The van der Waals surface area contributed by atoms with Crippen LogP contribution < -0.4 is 10.3 Å². The van der Waals surface area contributed by atoms with E-state index in [1.54, 1.807) is 17.8 Å². The van der Waals surface area contributed by atoms with Crippen molar-refractivity contribution in [3.63, 3.8) is 0 Å². The number of nitrogens with zero attached hydrogens (tertiary/aromatic N) is 2.